The van der Waals surface area contributed by atoms with Gasteiger partial charge >= 0.3 is 0 Å². The Morgan fingerprint density at radius 3 is 2.20 bits per heavy atom. The molecule has 1 aliphatic carbocycles. The van der Waals surface area contributed by atoms with Gasteiger partial charge in [0.15, 0.2) is 0 Å². The first kappa shape index (κ1) is 24.9. The van der Waals surface area contributed by atoms with Crippen molar-refractivity contribution in [3.63, 3.8) is 0 Å². The smallest absolute Gasteiger partial charge is 0.203 e. The first-order chi connectivity index (χ1) is 16.7. The van der Waals surface area contributed by atoms with Gasteiger partial charge in [-0.2, -0.15) is 0 Å². The summed E-state index contributed by atoms with van der Waals surface area (Å²) < 4.78 is 45.6. The fourth-order valence-electron chi connectivity index (χ4n) is 4.77. The standard InChI is InChI=1S/C28H32N2O4S/c1-6-29(7-2)20-11-14-22-25(17-20)34-26-18-21(30(8-3)9-4)12-15-23(26)28(22)24-13-10-19(5)16-27(24)35(31,32)33/h10-18H,6-9H2,1-5H3. The van der Waals surface area contributed by atoms with Crippen molar-refractivity contribution in [2.24, 2.45) is 0 Å². The number of anilines is 1. The molecule has 0 spiro atoms. The van der Waals surface area contributed by atoms with Crippen LogP contribution in [-0.4, -0.2) is 39.1 Å². The fourth-order valence-corrected chi connectivity index (χ4v) is 5.54. The van der Waals surface area contributed by atoms with Crippen molar-refractivity contribution in [1.82, 2.24) is 4.58 Å². The molecule has 0 fully saturated rings. The van der Waals surface area contributed by atoms with E-state index < -0.39 is 10.1 Å². The third-order valence-electron chi connectivity index (χ3n) is 6.62. The second kappa shape index (κ2) is 9.84. The Morgan fingerprint density at radius 2 is 1.57 bits per heavy atom. The van der Waals surface area contributed by atoms with E-state index in [0.717, 1.165) is 48.2 Å². The van der Waals surface area contributed by atoms with Crippen LogP contribution >= 0.6 is 0 Å². The summed E-state index contributed by atoms with van der Waals surface area (Å²) >= 11 is 0. The number of fused-ring (bicyclic) bond motifs is 2. The Morgan fingerprint density at radius 1 is 0.886 bits per heavy atom. The molecule has 4 rings (SSSR count). The second-order valence-corrected chi connectivity index (χ2v) is 9.98. The van der Waals surface area contributed by atoms with E-state index in [0.29, 0.717) is 28.0 Å². The molecule has 1 heterocycles. The van der Waals surface area contributed by atoms with Crippen LogP contribution in [0.25, 0.3) is 33.4 Å². The zero-order valence-electron chi connectivity index (χ0n) is 21.0. The molecule has 0 saturated carbocycles. The van der Waals surface area contributed by atoms with Crippen molar-refractivity contribution in [2.45, 2.75) is 39.5 Å². The first-order valence-electron chi connectivity index (χ1n) is 12.1. The summed E-state index contributed by atoms with van der Waals surface area (Å²) in [6, 6.07) is 17.0. The van der Waals surface area contributed by atoms with E-state index in [1.165, 1.54) is 6.07 Å². The molecule has 0 saturated heterocycles. The van der Waals surface area contributed by atoms with Crippen molar-refractivity contribution >= 4 is 26.8 Å². The van der Waals surface area contributed by atoms with Crippen molar-refractivity contribution in [3.05, 3.63) is 65.5 Å². The molecule has 0 unspecified atom stereocenters. The Hall–Kier alpha value is -3.16. The van der Waals surface area contributed by atoms with E-state index in [1.807, 2.05) is 42.5 Å². The van der Waals surface area contributed by atoms with E-state index in [-0.39, 0.29) is 4.90 Å². The topological polar surface area (TPSA) is 76.6 Å². The third-order valence-corrected chi connectivity index (χ3v) is 7.50. The van der Waals surface area contributed by atoms with Gasteiger partial charge < -0.3 is 13.9 Å². The Balaban J connectivity index is 2.17. The normalized spacial score (nSPS) is 11.8. The maximum atomic E-state index is 12.3. The minimum absolute atomic E-state index is 0.216. The Bertz CT molecular complexity index is 1530. The van der Waals surface area contributed by atoms with E-state index in [2.05, 4.69) is 37.2 Å². The molecule has 1 aliphatic heterocycles. The van der Waals surface area contributed by atoms with Gasteiger partial charge in [-0.15, -0.1) is 0 Å². The summed E-state index contributed by atoms with van der Waals surface area (Å²) in [6.07, 6.45) is 0. The molecule has 2 aromatic carbocycles. The van der Waals surface area contributed by atoms with Gasteiger partial charge in [0.2, 0.25) is 5.36 Å². The zero-order chi connectivity index (χ0) is 25.3. The van der Waals surface area contributed by atoms with E-state index in [1.54, 1.807) is 13.0 Å². The lowest BCUT2D eigenvalue weighted by atomic mass is 9.93. The molecule has 0 aromatic heterocycles. The number of benzene rings is 3. The fraction of sp³-hybridized carbons (Fsp3) is 0.321. The summed E-state index contributed by atoms with van der Waals surface area (Å²) in [5.41, 5.74) is 4.22. The predicted octanol–water partition coefficient (Wildman–Crippen LogP) is 5.08. The number of hydrogen-bond acceptors (Lipinski definition) is 5. The molecular weight excluding hydrogens is 460 g/mol. The van der Waals surface area contributed by atoms with Crippen molar-refractivity contribution < 1.29 is 17.4 Å². The van der Waals surface area contributed by atoms with Crippen LogP contribution in [0.3, 0.4) is 0 Å². The highest BCUT2D eigenvalue weighted by Gasteiger charge is 2.22. The monoisotopic (exact) mass is 492 g/mol. The Labute approximate surface area is 207 Å². The molecule has 0 amide bonds. The average Bonchev–Trinajstić information content (AvgIpc) is 2.83. The van der Waals surface area contributed by atoms with Crippen LogP contribution in [0.1, 0.15) is 33.3 Å². The molecule has 2 aliphatic rings. The van der Waals surface area contributed by atoms with Gasteiger partial charge in [0, 0.05) is 53.0 Å². The summed E-state index contributed by atoms with van der Waals surface area (Å²) in [7, 11) is -4.70. The molecule has 0 atom stereocenters. The van der Waals surface area contributed by atoms with Crippen LogP contribution in [0, 0.1) is 6.92 Å². The van der Waals surface area contributed by atoms with Crippen molar-refractivity contribution in [3.8, 4) is 22.5 Å². The molecule has 2 aromatic rings. The van der Waals surface area contributed by atoms with Gasteiger partial charge in [0.05, 0.1) is 11.0 Å². The molecule has 0 radical (unpaired) electrons. The summed E-state index contributed by atoms with van der Waals surface area (Å²) in [6.45, 7) is 13.6. The van der Waals surface area contributed by atoms with E-state index in [9.17, 15) is 13.0 Å². The molecule has 35 heavy (non-hydrogen) atoms. The van der Waals surface area contributed by atoms with Gasteiger partial charge in [-0.1, -0.05) is 12.1 Å². The van der Waals surface area contributed by atoms with Gasteiger partial charge in [-0.25, -0.2) is 13.0 Å². The SMILES string of the molecule is CCN(CC)c1ccc2c(-c3ccc(C)cc3S(=O)(=O)[O-])c3ccc(=[N+](CC)CC)cc-3oc2c1. The quantitative estimate of drug-likeness (QED) is 0.204. The number of rotatable bonds is 7. The number of hydrogen-bond donors (Lipinski definition) is 0. The lowest BCUT2D eigenvalue weighted by Gasteiger charge is -2.23. The van der Waals surface area contributed by atoms with Crippen LogP contribution < -0.4 is 14.8 Å². The first-order valence-corrected chi connectivity index (χ1v) is 13.5. The predicted molar refractivity (Wildman–Crippen MR) is 141 cm³/mol. The molecular formula is C28H32N2O4S. The van der Waals surface area contributed by atoms with Gasteiger partial charge in [0.1, 0.15) is 34.6 Å². The number of aryl methyl sites for hydroxylation is 1. The van der Waals surface area contributed by atoms with Crippen molar-refractivity contribution in [1.29, 1.82) is 0 Å². The number of nitrogens with zero attached hydrogens (tertiary/aromatic N) is 2. The van der Waals surface area contributed by atoms with Crippen LogP contribution in [0.4, 0.5) is 5.69 Å². The molecule has 6 nitrogen and oxygen atoms in total. The van der Waals surface area contributed by atoms with Gasteiger partial charge in [0.25, 0.3) is 0 Å². The van der Waals surface area contributed by atoms with Crippen molar-refractivity contribution in [2.75, 3.05) is 31.1 Å². The molecule has 0 N–H and O–H groups in total. The highest BCUT2D eigenvalue weighted by atomic mass is 32.2. The summed E-state index contributed by atoms with van der Waals surface area (Å²) in [5, 5.41) is 1.79. The summed E-state index contributed by atoms with van der Waals surface area (Å²) in [4.78, 5) is 2.01. The lowest BCUT2D eigenvalue weighted by Crippen LogP contribution is -2.29. The van der Waals surface area contributed by atoms with Crippen LogP contribution in [0.15, 0.2) is 63.9 Å². The maximum Gasteiger partial charge on any atom is 0.203 e. The zero-order valence-corrected chi connectivity index (χ0v) is 21.8. The minimum atomic E-state index is -4.70. The van der Waals surface area contributed by atoms with Crippen LogP contribution in [0.5, 0.6) is 0 Å². The molecule has 0 bridgehead atoms. The Kier molecular flexibility index (Phi) is 7.01. The molecule has 7 heteroatoms. The van der Waals surface area contributed by atoms with E-state index in [4.69, 9.17) is 4.42 Å². The highest BCUT2D eigenvalue weighted by Crippen LogP contribution is 2.43. The molecule has 184 valence electrons. The highest BCUT2D eigenvalue weighted by molar-refractivity contribution is 7.85. The van der Waals surface area contributed by atoms with Gasteiger partial charge in [-0.05, 0) is 64.4 Å². The van der Waals surface area contributed by atoms with Gasteiger partial charge in [-0.3, -0.25) is 0 Å². The van der Waals surface area contributed by atoms with Crippen LogP contribution in [-0.2, 0) is 10.1 Å². The second-order valence-electron chi connectivity index (χ2n) is 8.64. The lowest BCUT2D eigenvalue weighted by molar-refractivity contribution is 0.463. The summed E-state index contributed by atoms with van der Waals surface area (Å²) in [5.74, 6) is 0.642. The van der Waals surface area contributed by atoms with Crippen LogP contribution in [0.2, 0.25) is 0 Å². The van der Waals surface area contributed by atoms with E-state index >= 15 is 0 Å². The minimum Gasteiger partial charge on any atom is -0.744 e. The third kappa shape index (κ3) is 4.70. The maximum absolute atomic E-state index is 12.3. The average molecular weight is 493 g/mol. The largest absolute Gasteiger partial charge is 0.744 e.